The molecule has 0 aliphatic heterocycles. The zero-order chi connectivity index (χ0) is 14.1. The molecule has 20 heavy (non-hydrogen) atoms. The van der Waals surface area contributed by atoms with Crippen molar-refractivity contribution in [2.24, 2.45) is 0 Å². The van der Waals surface area contributed by atoms with Gasteiger partial charge in [-0.3, -0.25) is 0 Å². The van der Waals surface area contributed by atoms with Gasteiger partial charge in [0.2, 0.25) is 0 Å². The van der Waals surface area contributed by atoms with Crippen LogP contribution in [0.5, 0.6) is 5.75 Å². The van der Waals surface area contributed by atoms with Crippen LogP contribution in [0.4, 0.5) is 0 Å². The Labute approximate surface area is 115 Å². The number of carbonyl (C=O) groups is 1. The molecule has 0 aliphatic carbocycles. The first-order valence-corrected chi connectivity index (χ1v) is 6.23. The highest BCUT2D eigenvalue weighted by molar-refractivity contribution is 5.93. The van der Waals surface area contributed by atoms with E-state index >= 15 is 0 Å². The van der Waals surface area contributed by atoms with E-state index in [0.29, 0.717) is 6.54 Å². The highest BCUT2D eigenvalue weighted by Crippen LogP contribution is 2.20. The van der Waals surface area contributed by atoms with Crippen LogP contribution in [0, 0.1) is 0 Å². The number of hydrogen-bond acceptors (Lipinski definition) is 2. The van der Waals surface area contributed by atoms with E-state index in [2.05, 4.69) is 0 Å². The minimum Gasteiger partial charge on any atom is -0.508 e. The van der Waals surface area contributed by atoms with Crippen molar-refractivity contribution in [2.45, 2.75) is 6.54 Å². The SMILES string of the molecule is O=C(O)c1ccc2ccn(Cc3ccc(O)cc3)c2c1. The second-order valence-corrected chi connectivity index (χ2v) is 4.69. The fourth-order valence-electron chi connectivity index (χ4n) is 2.25. The Kier molecular flexibility index (Phi) is 2.91. The molecule has 4 heteroatoms. The summed E-state index contributed by atoms with van der Waals surface area (Å²) in [7, 11) is 0. The van der Waals surface area contributed by atoms with Crippen LogP contribution < -0.4 is 0 Å². The van der Waals surface area contributed by atoms with Crippen LogP contribution in [0.3, 0.4) is 0 Å². The van der Waals surface area contributed by atoms with E-state index in [9.17, 15) is 9.90 Å². The molecule has 1 heterocycles. The van der Waals surface area contributed by atoms with Crippen molar-refractivity contribution < 1.29 is 15.0 Å². The maximum absolute atomic E-state index is 11.0. The molecule has 0 aliphatic rings. The third kappa shape index (κ3) is 2.23. The van der Waals surface area contributed by atoms with Crippen molar-refractivity contribution in [2.75, 3.05) is 0 Å². The van der Waals surface area contributed by atoms with Crippen LogP contribution in [0.2, 0.25) is 0 Å². The highest BCUT2D eigenvalue weighted by atomic mass is 16.4. The summed E-state index contributed by atoms with van der Waals surface area (Å²) in [6.45, 7) is 0.632. The molecule has 0 radical (unpaired) electrons. The molecule has 0 saturated heterocycles. The second-order valence-electron chi connectivity index (χ2n) is 4.69. The summed E-state index contributed by atoms with van der Waals surface area (Å²) >= 11 is 0. The summed E-state index contributed by atoms with van der Waals surface area (Å²) < 4.78 is 1.99. The Morgan fingerprint density at radius 1 is 1.05 bits per heavy atom. The number of aromatic hydroxyl groups is 1. The summed E-state index contributed by atoms with van der Waals surface area (Å²) in [6, 6.07) is 14.0. The molecule has 2 N–H and O–H groups in total. The molecular formula is C16H13NO3. The normalized spacial score (nSPS) is 10.8. The van der Waals surface area contributed by atoms with Crippen molar-refractivity contribution >= 4 is 16.9 Å². The number of phenols is 1. The van der Waals surface area contributed by atoms with E-state index < -0.39 is 5.97 Å². The third-order valence-corrected chi connectivity index (χ3v) is 3.31. The zero-order valence-electron chi connectivity index (χ0n) is 10.7. The van der Waals surface area contributed by atoms with Crippen LogP contribution >= 0.6 is 0 Å². The maximum atomic E-state index is 11.0. The molecule has 0 bridgehead atoms. The number of rotatable bonds is 3. The summed E-state index contributed by atoms with van der Waals surface area (Å²) in [4.78, 5) is 11.0. The maximum Gasteiger partial charge on any atom is 0.335 e. The average Bonchev–Trinajstić information content (AvgIpc) is 2.84. The lowest BCUT2D eigenvalue weighted by Gasteiger charge is -2.06. The predicted molar refractivity (Wildman–Crippen MR) is 76.1 cm³/mol. The molecule has 0 amide bonds. The van der Waals surface area contributed by atoms with Crippen molar-refractivity contribution in [1.82, 2.24) is 4.57 Å². The van der Waals surface area contributed by atoms with E-state index in [4.69, 9.17) is 5.11 Å². The highest BCUT2D eigenvalue weighted by Gasteiger charge is 2.07. The number of aromatic carboxylic acids is 1. The Hall–Kier alpha value is -2.75. The molecule has 3 rings (SSSR count). The van der Waals surface area contributed by atoms with Gasteiger partial charge in [0.1, 0.15) is 5.75 Å². The number of hydrogen-bond donors (Lipinski definition) is 2. The van der Waals surface area contributed by atoms with Crippen molar-refractivity contribution in [3.63, 3.8) is 0 Å². The molecule has 0 spiro atoms. The number of aromatic nitrogens is 1. The standard InChI is InChI=1S/C16H13NO3/c18-14-5-1-11(2-6-14)10-17-8-7-12-3-4-13(16(19)20)9-15(12)17/h1-9,18H,10H2,(H,19,20). The van der Waals surface area contributed by atoms with E-state index in [-0.39, 0.29) is 11.3 Å². The number of nitrogens with zero attached hydrogens (tertiary/aromatic N) is 1. The van der Waals surface area contributed by atoms with E-state index in [1.54, 1.807) is 24.3 Å². The Bertz CT molecular complexity index is 772. The van der Waals surface area contributed by atoms with Gasteiger partial charge in [-0.05, 0) is 41.3 Å². The van der Waals surface area contributed by atoms with E-state index in [1.807, 2.05) is 35.0 Å². The van der Waals surface area contributed by atoms with Gasteiger partial charge in [-0.25, -0.2) is 4.79 Å². The summed E-state index contributed by atoms with van der Waals surface area (Å²) in [5, 5.41) is 19.3. The summed E-state index contributed by atoms with van der Waals surface area (Å²) in [6.07, 6.45) is 1.93. The molecule has 0 atom stereocenters. The van der Waals surface area contributed by atoms with Gasteiger partial charge in [0.05, 0.1) is 5.56 Å². The molecule has 3 aromatic rings. The number of carboxylic acids is 1. The molecular weight excluding hydrogens is 254 g/mol. The Morgan fingerprint density at radius 2 is 1.80 bits per heavy atom. The number of phenolic OH excluding ortho intramolecular Hbond substituents is 1. The summed E-state index contributed by atoms with van der Waals surface area (Å²) in [5.41, 5.74) is 2.21. The van der Waals surface area contributed by atoms with Gasteiger partial charge in [-0.1, -0.05) is 18.2 Å². The third-order valence-electron chi connectivity index (χ3n) is 3.31. The first-order chi connectivity index (χ1) is 9.63. The lowest BCUT2D eigenvalue weighted by Crippen LogP contribution is -2.00. The van der Waals surface area contributed by atoms with Gasteiger partial charge in [0.15, 0.2) is 0 Å². The van der Waals surface area contributed by atoms with Gasteiger partial charge in [-0.2, -0.15) is 0 Å². The van der Waals surface area contributed by atoms with Crippen molar-refractivity contribution in [1.29, 1.82) is 0 Å². The fourth-order valence-corrected chi connectivity index (χ4v) is 2.25. The predicted octanol–water partition coefficient (Wildman–Crippen LogP) is 3.09. The van der Waals surface area contributed by atoms with Gasteiger partial charge in [-0.15, -0.1) is 0 Å². The first-order valence-electron chi connectivity index (χ1n) is 6.23. The summed E-state index contributed by atoms with van der Waals surface area (Å²) in [5.74, 6) is -0.691. The number of carboxylic acid groups (broad SMARTS) is 1. The second kappa shape index (κ2) is 4.74. The van der Waals surface area contributed by atoms with Gasteiger partial charge in [0.25, 0.3) is 0 Å². The van der Waals surface area contributed by atoms with Gasteiger partial charge in [0, 0.05) is 18.3 Å². The number of benzene rings is 2. The first kappa shape index (κ1) is 12.3. The number of fused-ring (bicyclic) bond motifs is 1. The molecule has 4 nitrogen and oxygen atoms in total. The Balaban J connectivity index is 2.00. The van der Waals surface area contributed by atoms with Crippen LogP contribution in [0.15, 0.2) is 54.7 Å². The van der Waals surface area contributed by atoms with E-state index in [0.717, 1.165) is 16.5 Å². The van der Waals surface area contributed by atoms with Crippen molar-refractivity contribution in [3.05, 3.63) is 65.9 Å². The zero-order valence-corrected chi connectivity index (χ0v) is 10.7. The minimum atomic E-state index is -0.927. The Morgan fingerprint density at radius 3 is 2.50 bits per heavy atom. The largest absolute Gasteiger partial charge is 0.508 e. The van der Waals surface area contributed by atoms with Crippen LogP contribution in [-0.2, 0) is 6.54 Å². The molecule has 2 aromatic carbocycles. The van der Waals surface area contributed by atoms with Gasteiger partial charge < -0.3 is 14.8 Å². The molecule has 0 unspecified atom stereocenters. The molecule has 0 saturated carbocycles. The van der Waals surface area contributed by atoms with Crippen LogP contribution in [-0.4, -0.2) is 20.7 Å². The van der Waals surface area contributed by atoms with Crippen LogP contribution in [0.1, 0.15) is 15.9 Å². The quantitative estimate of drug-likeness (QED) is 0.766. The molecule has 100 valence electrons. The smallest absolute Gasteiger partial charge is 0.335 e. The monoisotopic (exact) mass is 267 g/mol. The topological polar surface area (TPSA) is 62.5 Å². The average molecular weight is 267 g/mol. The lowest BCUT2D eigenvalue weighted by atomic mass is 10.1. The fraction of sp³-hybridized carbons (Fsp3) is 0.0625. The molecule has 0 fully saturated rings. The lowest BCUT2D eigenvalue weighted by molar-refractivity contribution is 0.0697. The molecule has 1 aromatic heterocycles. The minimum absolute atomic E-state index is 0.235. The van der Waals surface area contributed by atoms with E-state index in [1.165, 1.54) is 0 Å². The van der Waals surface area contributed by atoms with Crippen LogP contribution in [0.25, 0.3) is 10.9 Å². The van der Waals surface area contributed by atoms with Gasteiger partial charge >= 0.3 is 5.97 Å². The van der Waals surface area contributed by atoms with Crippen molar-refractivity contribution in [3.8, 4) is 5.75 Å².